The summed E-state index contributed by atoms with van der Waals surface area (Å²) in [5.74, 6) is 0.898. The fourth-order valence-electron chi connectivity index (χ4n) is 3.75. The smallest absolute Gasteiger partial charge is 0.168 e. The fourth-order valence-corrected chi connectivity index (χ4v) is 3.75. The minimum Gasteiger partial charge on any atom is -0.492 e. The monoisotopic (exact) mass is 401 g/mol. The third-order valence-electron chi connectivity index (χ3n) is 5.39. The number of carbonyl (C=O) groups excluding carboxylic acids is 1. The van der Waals surface area contributed by atoms with Crippen LogP contribution in [0.25, 0.3) is 11.3 Å². The van der Waals surface area contributed by atoms with E-state index in [0.29, 0.717) is 12.2 Å². The van der Waals surface area contributed by atoms with Crippen molar-refractivity contribution < 1.29 is 9.53 Å². The van der Waals surface area contributed by atoms with Crippen LogP contribution in [-0.2, 0) is 6.42 Å². The molecule has 1 saturated heterocycles. The minimum absolute atomic E-state index is 0.0404. The number of pyridine rings is 2. The van der Waals surface area contributed by atoms with Crippen LogP contribution in [0.15, 0.2) is 60.8 Å². The molecule has 1 aliphatic heterocycles. The van der Waals surface area contributed by atoms with Crippen molar-refractivity contribution >= 4 is 5.78 Å². The highest BCUT2D eigenvalue weighted by atomic mass is 16.5. The molecule has 0 aliphatic carbocycles. The number of Topliss-reactive ketones (excluding diaryl/α,β-unsaturated/α-hetero) is 1. The molecule has 0 atom stereocenters. The average Bonchev–Trinajstić information content (AvgIpc) is 3.28. The highest BCUT2D eigenvalue weighted by Gasteiger charge is 2.12. The van der Waals surface area contributed by atoms with Gasteiger partial charge in [-0.2, -0.15) is 0 Å². The van der Waals surface area contributed by atoms with Crippen molar-refractivity contribution in [2.45, 2.75) is 26.2 Å². The Hall–Kier alpha value is -3.05. The molecular weight excluding hydrogens is 374 g/mol. The van der Waals surface area contributed by atoms with Crippen LogP contribution < -0.4 is 4.74 Å². The summed E-state index contributed by atoms with van der Waals surface area (Å²) in [6.07, 6.45) is 4.57. The van der Waals surface area contributed by atoms with E-state index in [2.05, 4.69) is 14.9 Å². The molecular formula is C25H27N3O2. The zero-order valence-electron chi connectivity index (χ0n) is 17.4. The van der Waals surface area contributed by atoms with Gasteiger partial charge in [-0.05, 0) is 81.4 Å². The molecule has 0 unspecified atom stereocenters. The van der Waals surface area contributed by atoms with Gasteiger partial charge in [0.2, 0.25) is 0 Å². The maximum Gasteiger partial charge on any atom is 0.168 e. The molecule has 3 aromatic rings. The molecule has 4 rings (SSSR count). The van der Waals surface area contributed by atoms with E-state index in [0.717, 1.165) is 34.9 Å². The Labute approximate surface area is 177 Å². The van der Waals surface area contributed by atoms with E-state index in [4.69, 9.17) is 4.74 Å². The van der Waals surface area contributed by atoms with Crippen LogP contribution >= 0.6 is 0 Å². The van der Waals surface area contributed by atoms with Crippen molar-refractivity contribution in [2.24, 2.45) is 0 Å². The standard InChI is InChI=1S/C25H27N3O2/c1-19-5-4-6-22(27-19)18-25(29)21-11-12-26-24(17-21)20-7-9-23(10-8-20)30-16-15-28-13-2-3-14-28/h4-12,17H,2-3,13-16,18H2,1H3. The van der Waals surface area contributed by atoms with Crippen molar-refractivity contribution in [3.8, 4) is 17.0 Å². The second kappa shape index (κ2) is 9.63. The van der Waals surface area contributed by atoms with Gasteiger partial charge in [-0.15, -0.1) is 0 Å². The number of aryl methyl sites for hydroxylation is 1. The van der Waals surface area contributed by atoms with Gasteiger partial charge in [0, 0.05) is 35.3 Å². The number of hydrogen-bond acceptors (Lipinski definition) is 5. The van der Waals surface area contributed by atoms with Crippen LogP contribution in [0.4, 0.5) is 0 Å². The fraction of sp³-hybridized carbons (Fsp3) is 0.320. The lowest BCUT2D eigenvalue weighted by Gasteiger charge is -2.15. The first-order valence-corrected chi connectivity index (χ1v) is 10.5. The predicted octanol–water partition coefficient (Wildman–Crippen LogP) is 4.35. The first-order chi connectivity index (χ1) is 14.7. The molecule has 0 bridgehead atoms. The number of benzene rings is 1. The average molecular weight is 402 g/mol. The Kier molecular flexibility index (Phi) is 6.50. The van der Waals surface area contributed by atoms with Gasteiger partial charge in [0.25, 0.3) is 0 Å². The maximum absolute atomic E-state index is 12.7. The molecule has 0 spiro atoms. The molecule has 30 heavy (non-hydrogen) atoms. The summed E-state index contributed by atoms with van der Waals surface area (Å²) in [4.78, 5) is 24.0. The van der Waals surface area contributed by atoms with Crippen molar-refractivity contribution in [3.63, 3.8) is 0 Å². The van der Waals surface area contributed by atoms with E-state index in [1.165, 1.54) is 25.9 Å². The summed E-state index contributed by atoms with van der Waals surface area (Å²) in [7, 11) is 0. The molecule has 1 aromatic carbocycles. The Morgan fingerprint density at radius 3 is 2.63 bits per heavy atom. The molecule has 5 nitrogen and oxygen atoms in total. The van der Waals surface area contributed by atoms with Crippen molar-refractivity contribution in [1.82, 2.24) is 14.9 Å². The highest BCUT2D eigenvalue weighted by molar-refractivity contribution is 5.98. The van der Waals surface area contributed by atoms with E-state index >= 15 is 0 Å². The first kappa shape index (κ1) is 20.2. The van der Waals surface area contributed by atoms with Crippen LogP contribution in [0.5, 0.6) is 5.75 Å². The number of hydrogen-bond donors (Lipinski definition) is 0. The number of ether oxygens (including phenoxy) is 1. The second-order valence-electron chi connectivity index (χ2n) is 7.72. The topological polar surface area (TPSA) is 55.3 Å². The maximum atomic E-state index is 12.7. The predicted molar refractivity (Wildman–Crippen MR) is 118 cm³/mol. The molecule has 5 heteroatoms. The van der Waals surface area contributed by atoms with E-state index in [-0.39, 0.29) is 12.2 Å². The second-order valence-corrected chi connectivity index (χ2v) is 7.72. The number of carbonyl (C=O) groups is 1. The van der Waals surface area contributed by atoms with Crippen LogP contribution in [0.2, 0.25) is 0 Å². The summed E-state index contributed by atoms with van der Waals surface area (Å²) >= 11 is 0. The van der Waals surface area contributed by atoms with Gasteiger partial charge in [-0.1, -0.05) is 6.07 Å². The SMILES string of the molecule is Cc1cccc(CC(=O)c2ccnc(-c3ccc(OCCN4CCCC4)cc3)c2)n1. The van der Waals surface area contributed by atoms with Crippen molar-refractivity contribution in [1.29, 1.82) is 0 Å². The van der Waals surface area contributed by atoms with E-state index < -0.39 is 0 Å². The molecule has 0 radical (unpaired) electrons. The molecule has 154 valence electrons. The Bertz CT molecular complexity index is 995. The third kappa shape index (κ3) is 5.30. The molecule has 1 aliphatic rings. The summed E-state index contributed by atoms with van der Waals surface area (Å²) in [6.45, 7) is 5.97. The summed E-state index contributed by atoms with van der Waals surface area (Å²) < 4.78 is 5.87. The molecule has 3 heterocycles. The van der Waals surface area contributed by atoms with Crippen molar-refractivity contribution in [3.05, 3.63) is 77.7 Å². The van der Waals surface area contributed by atoms with Gasteiger partial charge in [0.15, 0.2) is 5.78 Å². The lowest BCUT2D eigenvalue weighted by Crippen LogP contribution is -2.25. The Morgan fingerprint density at radius 1 is 1.07 bits per heavy atom. The highest BCUT2D eigenvalue weighted by Crippen LogP contribution is 2.22. The van der Waals surface area contributed by atoms with E-state index in [1.807, 2.05) is 55.5 Å². The van der Waals surface area contributed by atoms with Gasteiger partial charge in [0.05, 0.1) is 12.1 Å². The van der Waals surface area contributed by atoms with Gasteiger partial charge in [-0.25, -0.2) is 0 Å². The van der Waals surface area contributed by atoms with Crippen LogP contribution in [0.3, 0.4) is 0 Å². The van der Waals surface area contributed by atoms with Gasteiger partial charge >= 0.3 is 0 Å². The Morgan fingerprint density at radius 2 is 1.87 bits per heavy atom. The number of ketones is 1. The summed E-state index contributed by atoms with van der Waals surface area (Å²) in [5, 5.41) is 0. The zero-order valence-corrected chi connectivity index (χ0v) is 17.4. The summed E-state index contributed by atoms with van der Waals surface area (Å²) in [5.41, 5.74) is 4.09. The Balaban J connectivity index is 1.38. The molecule has 2 aromatic heterocycles. The lowest BCUT2D eigenvalue weighted by molar-refractivity contribution is 0.0992. The van der Waals surface area contributed by atoms with Crippen molar-refractivity contribution in [2.75, 3.05) is 26.2 Å². The first-order valence-electron chi connectivity index (χ1n) is 10.5. The molecule has 0 amide bonds. The normalized spacial score (nSPS) is 14.0. The van der Waals surface area contributed by atoms with E-state index in [9.17, 15) is 4.79 Å². The van der Waals surface area contributed by atoms with E-state index in [1.54, 1.807) is 12.3 Å². The molecule has 0 saturated carbocycles. The summed E-state index contributed by atoms with van der Waals surface area (Å²) in [6, 6.07) is 17.3. The minimum atomic E-state index is 0.0404. The number of likely N-dealkylation sites (tertiary alicyclic amines) is 1. The molecule has 0 N–H and O–H groups in total. The van der Waals surface area contributed by atoms with Crippen LogP contribution in [0.1, 0.15) is 34.6 Å². The van der Waals surface area contributed by atoms with Crippen LogP contribution in [-0.4, -0.2) is 46.9 Å². The molecule has 1 fully saturated rings. The zero-order chi connectivity index (χ0) is 20.8. The third-order valence-corrected chi connectivity index (χ3v) is 5.39. The lowest BCUT2D eigenvalue weighted by atomic mass is 10.0. The van der Waals surface area contributed by atoms with Gasteiger partial charge in [-0.3, -0.25) is 19.7 Å². The van der Waals surface area contributed by atoms with Gasteiger partial charge < -0.3 is 4.74 Å². The number of aromatic nitrogens is 2. The largest absolute Gasteiger partial charge is 0.492 e. The number of rotatable bonds is 8. The number of nitrogens with zero attached hydrogens (tertiary/aromatic N) is 3. The van der Waals surface area contributed by atoms with Gasteiger partial charge in [0.1, 0.15) is 12.4 Å². The van der Waals surface area contributed by atoms with Crippen LogP contribution in [0, 0.1) is 6.92 Å². The quantitative estimate of drug-likeness (QED) is 0.525.